The standard InChI is InChI=1S/C13H11BrN2O2S2/c1-18-8-4-2-3-7(12(15)19)11(8)16-13(17)9-5-6-10(14)20-9/h2-6H,1H3,(H2,15,19)(H,16,17). The second-order valence-corrected chi connectivity index (χ2v) is 6.71. The van der Waals surface area contributed by atoms with Crippen LogP contribution in [0.2, 0.25) is 0 Å². The zero-order valence-electron chi connectivity index (χ0n) is 10.5. The summed E-state index contributed by atoms with van der Waals surface area (Å²) in [6.45, 7) is 0. The van der Waals surface area contributed by atoms with E-state index in [9.17, 15) is 4.79 Å². The fourth-order valence-electron chi connectivity index (χ4n) is 1.65. The summed E-state index contributed by atoms with van der Waals surface area (Å²) in [6.07, 6.45) is 0. The van der Waals surface area contributed by atoms with E-state index in [0.717, 1.165) is 3.79 Å². The van der Waals surface area contributed by atoms with Crippen molar-refractivity contribution >= 4 is 56.1 Å². The number of rotatable bonds is 4. The Morgan fingerprint density at radius 2 is 2.15 bits per heavy atom. The number of nitrogens with two attached hydrogens (primary N) is 1. The highest BCUT2D eigenvalue weighted by Gasteiger charge is 2.16. The van der Waals surface area contributed by atoms with Gasteiger partial charge in [-0.3, -0.25) is 4.79 Å². The summed E-state index contributed by atoms with van der Waals surface area (Å²) >= 11 is 9.66. The van der Waals surface area contributed by atoms with E-state index in [1.54, 1.807) is 24.3 Å². The molecule has 0 atom stereocenters. The number of ether oxygens (including phenoxy) is 1. The lowest BCUT2D eigenvalue weighted by molar-refractivity contribution is 0.103. The van der Waals surface area contributed by atoms with Crippen LogP contribution in [0, 0.1) is 0 Å². The van der Waals surface area contributed by atoms with Gasteiger partial charge in [-0.05, 0) is 40.2 Å². The topological polar surface area (TPSA) is 64.3 Å². The summed E-state index contributed by atoms with van der Waals surface area (Å²) in [5, 5.41) is 2.80. The predicted molar refractivity (Wildman–Crippen MR) is 88.9 cm³/mol. The molecule has 1 amide bonds. The molecule has 1 heterocycles. The second kappa shape index (κ2) is 6.34. The Labute approximate surface area is 134 Å². The van der Waals surface area contributed by atoms with Crippen LogP contribution in [0.3, 0.4) is 0 Å². The fraction of sp³-hybridized carbons (Fsp3) is 0.0769. The number of benzene rings is 1. The van der Waals surface area contributed by atoms with Gasteiger partial charge in [-0.25, -0.2) is 0 Å². The normalized spacial score (nSPS) is 10.1. The summed E-state index contributed by atoms with van der Waals surface area (Å²) < 4.78 is 6.13. The highest BCUT2D eigenvalue weighted by molar-refractivity contribution is 9.11. The maximum Gasteiger partial charge on any atom is 0.265 e. The molecule has 20 heavy (non-hydrogen) atoms. The van der Waals surface area contributed by atoms with Crippen LogP contribution < -0.4 is 15.8 Å². The van der Waals surface area contributed by atoms with Gasteiger partial charge in [-0.1, -0.05) is 18.3 Å². The van der Waals surface area contributed by atoms with Crippen LogP contribution in [-0.4, -0.2) is 18.0 Å². The van der Waals surface area contributed by atoms with Gasteiger partial charge in [0.2, 0.25) is 0 Å². The van der Waals surface area contributed by atoms with Crippen LogP contribution in [0.25, 0.3) is 0 Å². The van der Waals surface area contributed by atoms with Gasteiger partial charge in [-0.15, -0.1) is 11.3 Å². The molecule has 0 saturated carbocycles. The average molecular weight is 371 g/mol. The third-order valence-electron chi connectivity index (χ3n) is 2.55. The van der Waals surface area contributed by atoms with Crippen molar-refractivity contribution in [1.82, 2.24) is 0 Å². The molecule has 0 fully saturated rings. The number of thiophene rings is 1. The van der Waals surface area contributed by atoms with Crippen molar-refractivity contribution in [2.75, 3.05) is 12.4 Å². The molecule has 7 heteroatoms. The van der Waals surface area contributed by atoms with E-state index in [1.807, 2.05) is 6.07 Å². The monoisotopic (exact) mass is 370 g/mol. The molecule has 0 aliphatic heterocycles. The molecule has 104 valence electrons. The van der Waals surface area contributed by atoms with E-state index < -0.39 is 0 Å². The van der Waals surface area contributed by atoms with Crippen molar-refractivity contribution < 1.29 is 9.53 Å². The highest BCUT2D eigenvalue weighted by Crippen LogP contribution is 2.30. The molecule has 3 N–H and O–H groups in total. The van der Waals surface area contributed by atoms with E-state index in [0.29, 0.717) is 21.9 Å². The largest absolute Gasteiger partial charge is 0.495 e. The van der Waals surface area contributed by atoms with Gasteiger partial charge in [0.05, 0.1) is 21.5 Å². The van der Waals surface area contributed by atoms with Gasteiger partial charge in [0.1, 0.15) is 10.7 Å². The zero-order chi connectivity index (χ0) is 14.7. The summed E-state index contributed by atoms with van der Waals surface area (Å²) in [7, 11) is 1.52. The molecule has 0 bridgehead atoms. The van der Waals surface area contributed by atoms with Crippen LogP contribution in [0.15, 0.2) is 34.1 Å². The van der Waals surface area contributed by atoms with Crippen molar-refractivity contribution in [2.24, 2.45) is 5.73 Å². The van der Waals surface area contributed by atoms with E-state index in [-0.39, 0.29) is 10.9 Å². The van der Waals surface area contributed by atoms with Crippen molar-refractivity contribution in [3.8, 4) is 5.75 Å². The number of halogens is 1. The summed E-state index contributed by atoms with van der Waals surface area (Å²) in [5.41, 5.74) is 6.73. The molecule has 0 unspecified atom stereocenters. The van der Waals surface area contributed by atoms with Gasteiger partial charge >= 0.3 is 0 Å². The number of para-hydroxylation sites is 1. The van der Waals surface area contributed by atoms with Crippen LogP contribution >= 0.6 is 39.5 Å². The number of anilines is 1. The maximum absolute atomic E-state index is 12.2. The molecule has 2 rings (SSSR count). The first-order valence-electron chi connectivity index (χ1n) is 5.56. The SMILES string of the molecule is COc1cccc(C(N)=S)c1NC(=O)c1ccc(Br)s1. The van der Waals surface area contributed by atoms with Gasteiger partial charge < -0.3 is 15.8 Å². The predicted octanol–water partition coefficient (Wildman–Crippen LogP) is 3.41. The minimum atomic E-state index is -0.234. The number of amides is 1. The summed E-state index contributed by atoms with van der Waals surface area (Å²) in [5.74, 6) is 0.280. The Kier molecular flexibility index (Phi) is 4.74. The first-order chi connectivity index (χ1) is 9.52. The van der Waals surface area contributed by atoms with Crippen molar-refractivity contribution in [3.63, 3.8) is 0 Å². The van der Waals surface area contributed by atoms with E-state index in [4.69, 9.17) is 22.7 Å². The number of hydrogen-bond acceptors (Lipinski definition) is 4. The van der Waals surface area contributed by atoms with Crippen LogP contribution in [0.5, 0.6) is 5.75 Å². The highest BCUT2D eigenvalue weighted by atomic mass is 79.9. The minimum absolute atomic E-state index is 0.201. The van der Waals surface area contributed by atoms with Crippen LogP contribution in [0.4, 0.5) is 5.69 Å². The lowest BCUT2D eigenvalue weighted by Gasteiger charge is -2.13. The molecular weight excluding hydrogens is 360 g/mol. The third-order valence-corrected chi connectivity index (χ3v) is 4.39. The molecular formula is C13H11BrN2O2S2. The fourth-order valence-corrected chi connectivity index (χ4v) is 3.10. The Bertz CT molecular complexity index is 670. The van der Waals surface area contributed by atoms with E-state index in [2.05, 4.69) is 21.2 Å². The second-order valence-electron chi connectivity index (χ2n) is 3.80. The molecule has 0 saturated heterocycles. The molecule has 0 spiro atoms. The third kappa shape index (κ3) is 3.17. The average Bonchev–Trinajstić information content (AvgIpc) is 2.85. The first-order valence-corrected chi connectivity index (χ1v) is 7.58. The molecule has 0 aliphatic carbocycles. The van der Waals surface area contributed by atoms with Crippen LogP contribution in [0.1, 0.15) is 15.2 Å². The molecule has 4 nitrogen and oxygen atoms in total. The van der Waals surface area contributed by atoms with Gasteiger partial charge in [0.25, 0.3) is 5.91 Å². The number of carbonyl (C=O) groups is 1. The number of thiocarbonyl (C=S) groups is 1. The smallest absolute Gasteiger partial charge is 0.265 e. The number of carbonyl (C=O) groups excluding carboxylic acids is 1. The minimum Gasteiger partial charge on any atom is -0.495 e. The van der Waals surface area contributed by atoms with E-state index >= 15 is 0 Å². The molecule has 0 aliphatic rings. The Morgan fingerprint density at radius 3 is 2.70 bits per heavy atom. The Morgan fingerprint density at radius 1 is 1.40 bits per heavy atom. The maximum atomic E-state index is 12.2. The lowest BCUT2D eigenvalue weighted by Crippen LogP contribution is -2.17. The zero-order valence-corrected chi connectivity index (χ0v) is 13.7. The summed E-state index contributed by atoms with van der Waals surface area (Å²) in [4.78, 5) is 13.0. The first kappa shape index (κ1) is 15.0. The van der Waals surface area contributed by atoms with E-state index in [1.165, 1.54) is 18.4 Å². The van der Waals surface area contributed by atoms with Gasteiger partial charge in [-0.2, -0.15) is 0 Å². The lowest BCUT2D eigenvalue weighted by atomic mass is 10.1. The molecule has 1 aromatic heterocycles. The number of hydrogen-bond donors (Lipinski definition) is 2. The molecule has 2 aromatic rings. The van der Waals surface area contributed by atoms with Gasteiger partial charge in [0, 0.05) is 5.56 Å². The summed E-state index contributed by atoms with van der Waals surface area (Å²) in [6, 6.07) is 8.80. The van der Waals surface area contributed by atoms with Crippen LogP contribution in [-0.2, 0) is 0 Å². The molecule has 1 aromatic carbocycles. The van der Waals surface area contributed by atoms with Gasteiger partial charge in [0.15, 0.2) is 0 Å². The van der Waals surface area contributed by atoms with Crippen molar-refractivity contribution in [2.45, 2.75) is 0 Å². The Balaban J connectivity index is 2.37. The Hall–Kier alpha value is -1.44. The number of methoxy groups -OCH3 is 1. The molecule has 0 radical (unpaired) electrons. The quantitative estimate of drug-likeness (QED) is 0.809. The van der Waals surface area contributed by atoms with Crippen molar-refractivity contribution in [1.29, 1.82) is 0 Å². The number of nitrogens with one attached hydrogen (secondary N) is 1. The van der Waals surface area contributed by atoms with Crippen molar-refractivity contribution in [3.05, 3.63) is 44.6 Å².